The van der Waals surface area contributed by atoms with Gasteiger partial charge in [-0.05, 0) is 25.0 Å². The molecule has 0 aliphatic carbocycles. The SMILES string of the molecule is CCC(CC)N(CCBr)S(=O)(=O)c1cccc2c1N=S=N2. The van der Waals surface area contributed by atoms with Crippen molar-refractivity contribution in [3.05, 3.63) is 18.2 Å². The Morgan fingerprint density at radius 2 is 2.00 bits per heavy atom. The molecule has 1 heterocycles. The minimum absolute atomic E-state index is 0.00518. The lowest BCUT2D eigenvalue weighted by molar-refractivity contribution is 0.317. The summed E-state index contributed by atoms with van der Waals surface area (Å²) in [5, 5.41) is 0.605. The number of alkyl halides is 1. The maximum absolute atomic E-state index is 13.0. The van der Waals surface area contributed by atoms with Gasteiger partial charge >= 0.3 is 0 Å². The Morgan fingerprint density at radius 3 is 2.62 bits per heavy atom. The first-order chi connectivity index (χ1) is 10.1. The van der Waals surface area contributed by atoms with Gasteiger partial charge in [0.05, 0.1) is 11.4 Å². The van der Waals surface area contributed by atoms with Gasteiger partial charge in [-0.1, -0.05) is 35.8 Å². The van der Waals surface area contributed by atoms with Gasteiger partial charge in [-0.3, -0.25) is 0 Å². The third-order valence-electron chi connectivity index (χ3n) is 3.49. The highest BCUT2D eigenvalue weighted by atomic mass is 79.9. The predicted molar refractivity (Wildman–Crippen MR) is 90.0 cm³/mol. The maximum Gasteiger partial charge on any atom is 0.245 e. The number of nitrogens with zero attached hydrogens (tertiary/aromatic N) is 3. The summed E-state index contributed by atoms with van der Waals surface area (Å²) in [6, 6.07) is 5.11. The average molecular weight is 392 g/mol. The molecule has 0 atom stereocenters. The van der Waals surface area contributed by atoms with Crippen LogP contribution in [0.25, 0.3) is 0 Å². The molecule has 2 rings (SSSR count). The van der Waals surface area contributed by atoms with E-state index in [1.165, 1.54) is 0 Å². The van der Waals surface area contributed by atoms with Crippen LogP contribution in [0.3, 0.4) is 0 Å². The molecule has 0 fully saturated rings. The smallest absolute Gasteiger partial charge is 0.207 e. The fourth-order valence-corrected chi connectivity index (χ4v) is 5.54. The molecule has 1 aromatic carbocycles. The van der Waals surface area contributed by atoms with Crippen molar-refractivity contribution in [2.45, 2.75) is 37.6 Å². The lowest BCUT2D eigenvalue weighted by Gasteiger charge is -2.29. The van der Waals surface area contributed by atoms with Crippen molar-refractivity contribution in [3.63, 3.8) is 0 Å². The van der Waals surface area contributed by atoms with E-state index in [0.717, 1.165) is 24.2 Å². The topological polar surface area (TPSA) is 62.1 Å². The number of halogens is 1. The van der Waals surface area contributed by atoms with Crippen LogP contribution in [-0.4, -0.2) is 30.6 Å². The molecule has 0 unspecified atom stereocenters. The summed E-state index contributed by atoms with van der Waals surface area (Å²) in [4.78, 5) is 0.251. The second kappa shape index (κ2) is 7.13. The Hall–Kier alpha value is -0.570. The summed E-state index contributed by atoms with van der Waals surface area (Å²) in [7, 11) is -3.58. The highest BCUT2D eigenvalue weighted by Crippen LogP contribution is 2.39. The van der Waals surface area contributed by atoms with Gasteiger partial charge in [0, 0.05) is 17.9 Å². The van der Waals surface area contributed by atoms with Crippen LogP contribution in [0.4, 0.5) is 11.4 Å². The number of sulfonamides is 1. The van der Waals surface area contributed by atoms with E-state index in [0.29, 0.717) is 23.2 Å². The molecule has 0 saturated carbocycles. The van der Waals surface area contributed by atoms with Crippen LogP contribution in [0, 0.1) is 0 Å². The maximum atomic E-state index is 13.0. The number of hydrogen-bond acceptors (Lipinski definition) is 4. The van der Waals surface area contributed by atoms with E-state index in [1.807, 2.05) is 13.8 Å². The standard InChI is InChI=1S/C13H18BrN3O2S2/c1-3-10(4-2)17(9-8-14)21(18,19)12-7-5-6-11-13(12)16-20-15-11/h5-7,10H,3-4,8-9H2,1-2H3. The zero-order valence-corrected chi connectivity index (χ0v) is 15.2. The van der Waals surface area contributed by atoms with Gasteiger partial charge in [0.1, 0.15) is 16.3 Å². The van der Waals surface area contributed by atoms with Gasteiger partial charge in [-0.15, -0.1) is 0 Å². The van der Waals surface area contributed by atoms with Crippen molar-refractivity contribution >= 4 is 48.7 Å². The van der Waals surface area contributed by atoms with Crippen LogP contribution in [0.1, 0.15) is 26.7 Å². The molecule has 1 aliphatic heterocycles. The second-order valence-electron chi connectivity index (χ2n) is 4.66. The van der Waals surface area contributed by atoms with Crippen molar-refractivity contribution in [3.8, 4) is 0 Å². The predicted octanol–water partition coefficient (Wildman–Crippen LogP) is 3.99. The van der Waals surface area contributed by atoms with Crippen LogP contribution in [0.5, 0.6) is 0 Å². The molecule has 1 aromatic rings. The molecule has 5 nitrogen and oxygen atoms in total. The summed E-state index contributed by atoms with van der Waals surface area (Å²) in [6.45, 7) is 4.47. The Morgan fingerprint density at radius 1 is 1.29 bits per heavy atom. The molecule has 8 heteroatoms. The van der Waals surface area contributed by atoms with Gasteiger partial charge in [0.2, 0.25) is 10.0 Å². The fraction of sp³-hybridized carbons (Fsp3) is 0.538. The van der Waals surface area contributed by atoms with Crippen molar-refractivity contribution in [2.24, 2.45) is 8.73 Å². The third kappa shape index (κ3) is 3.28. The molecule has 1 aliphatic rings. The first-order valence-electron chi connectivity index (χ1n) is 6.85. The van der Waals surface area contributed by atoms with Gasteiger partial charge < -0.3 is 0 Å². The van der Waals surface area contributed by atoms with E-state index in [4.69, 9.17) is 0 Å². The van der Waals surface area contributed by atoms with E-state index in [1.54, 1.807) is 22.5 Å². The summed E-state index contributed by atoms with van der Waals surface area (Å²) in [5.74, 6) is 0. The Bertz CT molecular complexity index is 681. The molecule has 0 radical (unpaired) electrons. The third-order valence-corrected chi connectivity index (χ3v) is 6.37. The average Bonchev–Trinajstić information content (AvgIpc) is 2.95. The molecule has 116 valence electrons. The minimum Gasteiger partial charge on any atom is -0.207 e. The fourth-order valence-electron chi connectivity index (χ4n) is 2.39. The lowest BCUT2D eigenvalue weighted by atomic mass is 10.2. The summed E-state index contributed by atoms with van der Waals surface area (Å²) in [6.07, 6.45) is 1.57. The van der Waals surface area contributed by atoms with Gasteiger partial charge in [0.25, 0.3) is 0 Å². The molecule has 0 amide bonds. The number of hydrogen-bond donors (Lipinski definition) is 0. The number of benzene rings is 1. The molecular formula is C13H18BrN3O2S2. The Kier molecular flexibility index (Phi) is 5.70. The van der Waals surface area contributed by atoms with E-state index in [9.17, 15) is 8.42 Å². The highest BCUT2D eigenvalue weighted by molar-refractivity contribution is 9.09. The summed E-state index contributed by atoms with van der Waals surface area (Å²) < 4.78 is 35.9. The monoisotopic (exact) mass is 391 g/mol. The highest BCUT2D eigenvalue weighted by Gasteiger charge is 2.32. The zero-order chi connectivity index (χ0) is 15.5. The van der Waals surface area contributed by atoms with Crippen LogP contribution in [0.2, 0.25) is 0 Å². The largest absolute Gasteiger partial charge is 0.245 e. The van der Waals surface area contributed by atoms with Crippen LogP contribution in [-0.2, 0) is 21.4 Å². The first kappa shape index (κ1) is 16.8. The van der Waals surface area contributed by atoms with E-state index in [2.05, 4.69) is 24.7 Å². The molecule has 21 heavy (non-hydrogen) atoms. The zero-order valence-electron chi connectivity index (χ0n) is 12.0. The molecule has 0 spiro atoms. The van der Waals surface area contributed by atoms with Crippen molar-refractivity contribution in [1.29, 1.82) is 0 Å². The molecule has 0 aromatic heterocycles. The minimum atomic E-state index is -3.58. The number of fused-ring (bicyclic) bond motifs is 1. The number of rotatable bonds is 7. The van der Waals surface area contributed by atoms with Crippen LogP contribution >= 0.6 is 15.9 Å². The molecule has 0 N–H and O–H groups in total. The Labute approximate surface area is 137 Å². The van der Waals surface area contributed by atoms with Crippen molar-refractivity contribution in [2.75, 3.05) is 11.9 Å². The van der Waals surface area contributed by atoms with E-state index in [-0.39, 0.29) is 10.9 Å². The molecular weight excluding hydrogens is 374 g/mol. The quantitative estimate of drug-likeness (QED) is 0.669. The van der Waals surface area contributed by atoms with E-state index < -0.39 is 10.0 Å². The normalized spacial score (nSPS) is 13.8. The van der Waals surface area contributed by atoms with Gasteiger partial charge in [0.15, 0.2) is 0 Å². The van der Waals surface area contributed by atoms with Gasteiger partial charge in [-0.25, -0.2) is 8.42 Å². The summed E-state index contributed by atoms with van der Waals surface area (Å²) in [5.41, 5.74) is 1.09. The summed E-state index contributed by atoms with van der Waals surface area (Å²) >= 11 is 4.39. The molecule has 0 saturated heterocycles. The second-order valence-corrected chi connectivity index (χ2v) is 7.84. The Balaban J connectivity index is 2.49. The van der Waals surface area contributed by atoms with Gasteiger partial charge in [-0.2, -0.15) is 13.0 Å². The van der Waals surface area contributed by atoms with Crippen LogP contribution in [0.15, 0.2) is 31.8 Å². The van der Waals surface area contributed by atoms with Crippen molar-refractivity contribution < 1.29 is 8.42 Å². The first-order valence-corrected chi connectivity index (χ1v) is 10.1. The van der Waals surface area contributed by atoms with E-state index >= 15 is 0 Å². The van der Waals surface area contributed by atoms with Crippen LogP contribution < -0.4 is 0 Å². The lowest BCUT2D eigenvalue weighted by Crippen LogP contribution is -2.40. The molecule has 0 bridgehead atoms. The van der Waals surface area contributed by atoms with Crippen molar-refractivity contribution in [1.82, 2.24) is 4.31 Å².